The summed E-state index contributed by atoms with van der Waals surface area (Å²) in [5.74, 6) is -1.46. The monoisotopic (exact) mass is 452 g/mol. The van der Waals surface area contributed by atoms with Gasteiger partial charge in [0.2, 0.25) is 5.88 Å². The van der Waals surface area contributed by atoms with Gasteiger partial charge in [-0.05, 0) is 49.3 Å². The third-order valence-electron chi connectivity index (χ3n) is 6.41. The first-order valence-corrected chi connectivity index (χ1v) is 11.0. The minimum absolute atomic E-state index is 0.116. The normalized spacial score (nSPS) is 17.6. The number of alkyl halides is 3. The molecule has 2 aliphatic rings. The number of benzene rings is 1. The Bertz CT molecular complexity index is 1080. The van der Waals surface area contributed by atoms with Crippen LogP contribution in [0.4, 0.5) is 13.2 Å². The molecule has 0 unspecified atom stereocenters. The maximum absolute atomic E-state index is 13.6. The Kier molecular flexibility index (Phi) is 5.73. The highest BCUT2D eigenvalue weighted by Gasteiger charge is 2.70. The quantitative estimate of drug-likeness (QED) is 0.643. The molecule has 2 aromatic rings. The van der Waals surface area contributed by atoms with E-state index >= 15 is 0 Å². The number of carbonyl (C=O) groups is 1. The van der Waals surface area contributed by atoms with Crippen LogP contribution in [0.2, 0.25) is 0 Å². The van der Waals surface area contributed by atoms with Crippen molar-refractivity contribution in [1.29, 1.82) is 0 Å². The van der Waals surface area contributed by atoms with Gasteiger partial charge in [0.25, 0.3) is 5.56 Å². The Balaban J connectivity index is 1.94. The molecule has 0 spiro atoms. The van der Waals surface area contributed by atoms with Crippen LogP contribution in [-0.4, -0.2) is 34.7 Å². The number of fused-ring (bicyclic) bond motifs is 1. The lowest BCUT2D eigenvalue weighted by molar-refractivity contribution is -0.201. The Labute approximate surface area is 183 Å². The number of aryl methyl sites for hydroxylation is 3. The molecular formula is C23H27F3N2O4. The molecule has 2 heterocycles. The maximum atomic E-state index is 13.6. The average molecular weight is 452 g/mol. The standard InChI is InChI=1S/C23H27F3N2O4/c1-4-15-12-14(3)13-16(5-2)17(15)18-19(29)27-8-10-31-11-9-28(27)20(18)32-21(30)22(6-7-22)23(24,25)26/h12-13H,4-11H2,1-3H3. The zero-order valence-corrected chi connectivity index (χ0v) is 18.5. The minimum atomic E-state index is -4.69. The second-order valence-corrected chi connectivity index (χ2v) is 8.48. The SMILES string of the molecule is CCc1cc(C)cc(CC)c1-c1c(OC(=O)C2(C(F)(F)F)CC2)n2n(c1=O)CCOCC2. The van der Waals surface area contributed by atoms with Crippen LogP contribution in [0, 0.1) is 12.3 Å². The molecule has 174 valence electrons. The van der Waals surface area contributed by atoms with Crippen LogP contribution in [0.5, 0.6) is 5.88 Å². The van der Waals surface area contributed by atoms with Crippen molar-refractivity contribution in [2.24, 2.45) is 5.41 Å². The molecule has 1 aromatic carbocycles. The van der Waals surface area contributed by atoms with Gasteiger partial charge in [-0.15, -0.1) is 0 Å². The lowest BCUT2D eigenvalue weighted by atomic mass is 9.91. The molecule has 9 heteroatoms. The third kappa shape index (κ3) is 3.56. The summed E-state index contributed by atoms with van der Waals surface area (Å²) in [6.45, 7) is 6.85. The summed E-state index contributed by atoms with van der Waals surface area (Å²) in [5, 5.41) is 0. The predicted molar refractivity (Wildman–Crippen MR) is 112 cm³/mol. The van der Waals surface area contributed by atoms with E-state index in [-0.39, 0.29) is 49.5 Å². The van der Waals surface area contributed by atoms with Crippen molar-refractivity contribution in [3.63, 3.8) is 0 Å². The van der Waals surface area contributed by atoms with E-state index in [0.717, 1.165) is 16.7 Å². The van der Waals surface area contributed by atoms with E-state index in [2.05, 4.69) is 0 Å². The smallest absolute Gasteiger partial charge is 0.404 e. The first-order valence-electron chi connectivity index (χ1n) is 11.0. The highest BCUT2D eigenvalue weighted by molar-refractivity contribution is 5.85. The Hall–Kier alpha value is -2.55. The molecule has 0 atom stereocenters. The van der Waals surface area contributed by atoms with Crippen LogP contribution in [0.15, 0.2) is 16.9 Å². The number of nitrogens with zero attached hydrogens (tertiary/aromatic N) is 2. The first-order chi connectivity index (χ1) is 15.1. The zero-order chi connectivity index (χ0) is 23.3. The minimum Gasteiger partial charge on any atom is -0.406 e. The summed E-state index contributed by atoms with van der Waals surface area (Å²) in [6, 6.07) is 3.93. The van der Waals surface area contributed by atoms with Gasteiger partial charge in [-0.2, -0.15) is 13.2 Å². The zero-order valence-electron chi connectivity index (χ0n) is 18.5. The van der Waals surface area contributed by atoms with Crippen LogP contribution < -0.4 is 10.3 Å². The van der Waals surface area contributed by atoms with Crippen molar-refractivity contribution < 1.29 is 27.4 Å². The molecule has 4 rings (SSSR count). The van der Waals surface area contributed by atoms with Gasteiger partial charge in [0.05, 0.1) is 26.3 Å². The highest BCUT2D eigenvalue weighted by atomic mass is 19.4. The van der Waals surface area contributed by atoms with Crippen molar-refractivity contribution in [3.05, 3.63) is 39.2 Å². The number of halogens is 3. The van der Waals surface area contributed by atoms with Crippen LogP contribution >= 0.6 is 0 Å². The van der Waals surface area contributed by atoms with Crippen molar-refractivity contribution in [3.8, 4) is 17.0 Å². The van der Waals surface area contributed by atoms with Gasteiger partial charge in [0.1, 0.15) is 5.56 Å². The van der Waals surface area contributed by atoms with Gasteiger partial charge in [-0.3, -0.25) is 9.59 Å². The summed E-state index contributed by atoms with van der Waals surface area (Å²) in [6.07, 6.45) is -4.05. The van der Waals surface area contributed by atoms with Gasteiger partial charge in [0, 0.05) is 0 Å². The molecule has 6 nitrogen and oxygen atoms in total. The fourth-order valence-corrected chi connectivity index (χ4v) is 4.47. The largest absolute Gasteiger partial charge is 0.406 e. The number of aromatic nitrogens is 2. The number of hydrogen-bond acceptors (Lipinski definition) is 4. The van der Waals surface area contributed by atoms with Crippen LogP contribution in [0.3, 0.4) is 0 Å². The van der Waals surface area contributed by atoms with Crippen LogP contribution in [-0.2, 0) is 35.5 Å². The van der Waals surface area contributed by atoms with Gasteiger partial charge in [0.15, 0.2) is 5.41 Å². The molecule has 1 aliphatic heterocycles. The molecule has 1 aliphatic carbocycles. The van der Waals surface area contributed by atoms with Crippen molar-refractivity contribution in [1.82, 2.24) is 9.36 Å². The van der Waals surface area contributed by atoms with E-state index in [1.165, 1.54) is 9.36 Å². The molecule has 0 saturated heterocycles. The molecular weight excluding hydrogens is 425 g/mol. The van der Waals surface area contributed by atoms with Gasteiger partial charge >= 0.3 is 12.1 Å². The third-order valence-corrected chi connectivity index (χ3v) is 6.41. The molecule has 0 amide bonds. The first kappa shape index (κ1) is 22.6. The summed E-state index contributed by atoms with van der Waals surface area (Å²) in [4.78, 5) is 26.3. The molecule has 1 fully saturated rings. The Morgan fingerprint density at radius 2 is 1.62 bits per heavy atom. The highest BCUT2D eigenvalue weighted by Crippen LogP contribution is 2.58. The molecule has 0 bridgehead atoms. The lowest BCUT2D eigenvalue weighted by Gasteiger charge is -2.20. The Morgan fingerprint density at radius 1 is 1.06 bits per heavy atom. The number of rotatable bonds is 5. The van der Waals surface area contributed by atoms with E-state index in [0.29, 0.717) is 25.0 Å². The molecule has 1 aromatic heterocycles. The summed E-state index contributed by atoms with van der Waals surface area (Å²) in [5.41, 5.74) is 0.758. The number of esters is 1. The van der Waals surface area contributed by atoms with E-state index in [1.807, 2.05) is 32.9 Å². The molecule has 32 heavy (non-hydrogen) atoms. The topological polar surface area (TPSA) is 62.5 Å². The maximum Gasteiger partial charge on any atom is 0.404 e. The summed E-state index contributed by atoms with van der Waals surface area (Å²) in [7, 11) is 0. The second kappa shape index (κ2) is 8.10. The Morgan fingerprint density at radius 3 is 2.12 bits per heavy atom. The van der Waals surface area contributed by atoms with E-state index in [9.17, 15) is 22.8 Å². The van der Waals surface area contributed by atoms with Crippen LogP contribution in [0.25, 0.3) is 11.1 Å². The summed E-state index contributed by atoms with van der Waals surface area (Å²) < 4.78 is 54.5. The molecule has 1 saturated carbocycles. The summed E-state index contributed by atoms with van der Waals surface area (Å²) >= 11 is 0. The van der Waals surface area contributed by atoms with E-state index in [4.69, 9.17) is 9.47 Å². The van der Waals surface area contributed by atoms with Crippen molar-refractivity contribution in [2.45, 2.75) is 65.7 Å². The predicted octanol–water partition coefficient (Wildman–Crippen LogP) is 4.03. The van der Waals surface area contributed by atoms with Crippen molar-refractivity contribution in [2.75, 3.05) is 13.2 Å². The fraction of sp³-hybridized carbons (Fsp3) is 0.565. The lowest BCUT2D eigenvalue weighted by Crippen LogP contribution is -2.36. The number of ether oxygens (including phenoxy) is 2. The van der Waals surface area contributed by atoms with E-state index < -0.39 is 17.6 Å². The number of hydrogen-bond donors (Lipinski definition) is 0. The fourth-order valence-electron chi connectivity index (χ4n) is 4.47. The van der Waals surface area contributed by atoms with Crippen LogP contribution in [0.1, 0.15) is 43.4 Å². The van der Waals surface area contributed by atoms with Gasteiger partial charge in [-0.25, -0.2) is 9.36 Å². The van der Waals surface area contributed by atoms with Crippen molar-refractivity contribution >= 4 is 5.97 Å². The number of carbonyl (C=O) groups excluding carboxylic acids is 1. The van der Waals surface area contributed by atoms with E-state index in [1.54, 1.807) is 0 Å². The average Bonchev–Trinajstić information content (AvgIpc) is 3.54. The molecule has 0 N–H and O–H groups in total. The van der Waals surface area contributed by atoms with Gasteiger partial charge in [-0.1, -0.05) is 31.5 Å². The second-order valence-electron chi connectivity index (χ2n) is 8.48. The van der Waals surface area contributed by atoms with Gasteiger partial charge < -0.3 is 9.47 Å². The molecule has 0 radical (unpaired) electrons.